The number of hydrogen-bond donors (Lipinski definition) is 1. The maximum atomic E-state index is 6.00. The highest BCUT2D eigenvalue weighted by Gasteiger charge is 2.03. The zero-order chi connectivity index (χ0) is 14.4. The van der Waals surface area contributed by atoms with E-state index in [4.69, 9.17) is 4.74 Å². The molecule has 1 N–H and O–H groups in total. The number of hydrogen-bond acceptors (Lipinski definition) is 2. The molecule has 0 aliphatic heterocycles. The molecule has 2 aromatic carbocycles. The van der Waals surface area contributed by atoms with E-state index in [1.807, 2.05) is 12.1 Å². The minimum absolute atomic E-state index is 0.877. The fourth-order valence-electron chi connectivity index (χ4n) is 2.05. The number of rotatable bonds is 6. The van der Waals surface area contributed by atoms with Crippen molar-refractivity contribution in [2.45, 2.75) is 33.7 Å². The van der Waals surface area contributed by atoms with Crippen molar-refractivity contribution in [3.05, 3.63) is 59.2 Å². The molecular formula is C18H23NO. The zero-order valence-electron chi connectivity index (χ0n) is 12.6. The third-order valence-electron chi connectivity index (χ3n) is 3.39. The van der Waals surface area contributed by atoms with Crippen LogP contribution in [0.4, 0.5) is 0 Å². The molecule has 0 saturated heterocycles. The summed E-state index contributed by atoms with van der Waals surface area (Å²) in [6.07, 6.45) is 1.05. The Morgan fingerprint density at radius 1 is 0.950 bits per heavy atom. The minimum Gasteiger partial charge on any atom is -0.457 e. The highest BCUT2D eigenvalue weighted by Crippen LogP contribution is 2.26. The van der Waals surface area contributed by atoms with Gasteiger partial charge in [-0.05, 0) is 54.8 Å². The zero-order valence-corrected chi connectivity index (χ0v) is 12.6. The third kappa shape index (κ3) is 3.84. The van der Waals surface area contributed by atoms with Crippen molar-refractivity contribution in [3.63, 3.8) is 0 Å². The van der Waals surface area contributed by atoms with Gasteiger partial charge in [-0.15, -0.1) is 0 Å². The van der Waals surface area contributed by atoms with Gasteiger partial charge in [0.15, 0.2) is 0 Å². The van der Waals surface area contributed by atoms with Crippen molar-refractivity contribution < 1.29 is 4.74 Å². The van der Waals surface area contributed by atoms with Crippen molar-refractivity contribution >= 4 is 0 Å². The molecular weight excluding hydrogens is 246 g/mol. The second-order valence-electron chi connectivity index (χ2n) is 4.98. The lowest BCUT2D eigenvalue weighted by Gasteiger charge is -2.11. The van der Waals surface area contributed by atoms with Crippen molar-refractivity contribution in [2.75, 3.05) is 6.54 Å². The van der Waals surface area contributed by atoms with Crippen LogP contribution >= 0.6 is 0 Å². The summed E-state index contributed by atoms with van der Waals surface area (Å²) in [5.41, 5.74) is 3.73. The first-order chi connectivity index (χ1) is 9.72. The topological polar surface area (TPSA) is 21.3 Å². The maximum Gasteiger partial charge on any atom is 0.130 e. The van der Waals surface area contributed by atoms with Crippen LogP contribution in [0.3, 0.4) is 0 Å². The van der Waals surface area contributed by atoms with E-state index in [9.17, 15) is 0 Å². The van der Waals surface area contributed by atoms with Crippen LogP contribution in [0, 0.1) is 6.92 Å². The Morgan fingerprint density at radius 3 is 2.30 bits per heavy atom. The molecule has 2 rings (SSSR count). The second kappa shape index (κ2) is 7.11. The molecule has 0 radical (unpaired) electrons. The molecule has 0 heterocycles. The standard InChI is InChI=1S/C18H23NO/c1-4-15-8-10-17(11-9-15)20-18-12-16(13-19-5-2)7-6-14(18)3/h6-12,19H,4-5,13H2,1-3H3. The van der Waals surface area contributed by atoms with E-state index in [2.05, 4.69) is 56.4 Å². The van der Waals surface area contributed by atoms with E-state index in [1.165, 1.54) is 11.1 Å². The van der Waals surface area contributed by atoms with Crippen molar-refractivity contribution in [3.8, 4) is 11.5 Å². The van der Waals surface area contributed by atoms with Crippen LogP contribution in [0.5, 0.6) is 11.5 Å². The molecule has 0 bridgehead atoms. The molecule has 0 fully saturated rings. The van der Waals surface area contributed by atoms with Gasteiger partial charge in [-0.2, -0.15) is 0 Å². The molecule has 0 aromatic heterocycles. The molecule has 2 heteroatoms. The number of ether oxygens (including phenoxy) is 1. The van der Waals surface area contributed by atoms with Crippen molar-refractivity contribution in [2.24, 2.45) is 0 Å². The lowest BCUT2D eigenvalue weighted by atomic mass is 10.1. The fraction of sp³-hybridized carbons (Fsp3) is 0.333. The Morgan fingerprint density at radius 2 is 1.65 bits per heavy atom. The molecule has 0 saturated carbocycles. The number of aryl methyl sites for hydroxylation is 2. The second-order valence-corrected chi connectivity index (χ2v) is 4.98. The Labute approximate surface area is 121 Å². The lowest BCUT2D eigenvalue weighted by Crippen LogP contribution is -2.11. The summed E-state index contributed by atoms with van der Waals surface area (Å²) in [5.74, 6) is 1.83. The van der Waals surface area contributed by atoms with E-state index in [0.717, 1.165) is 36.6 Å². The third-order valence-corrected chi connectivity index (χ3v) is 3.39. The van der Waals surface area contributed by atoms with Crippen LogP contribution in [0.2, 0.25) is 0 Å². The van der Waals surface area contributed by atoms with Gasteiger partial charge >= 0.3 is 0 Å². The van der Waals surface area contributed by atoms with Crippen LogP contribution in [-0.4, -0.2) is 6.54 Å². The maximum absolute atomic E-state index is 6.00. The lowest BCUT2D eigenvalue weighted by molar-refractivity contribution is 0.477. The number of nitrogens with one attached hydrogen (secondary N) is 1. The van der Waals surface area contributed by atoms with Gasteiger partial charge in [-0.25, -0.2) is 0 Å². The summed E-state index contributed by atoms with van der Waals surface area (Å²) >= 11 is 0. The van der Waals surface area contributed by atoms with E-state index >= 15 is 0 Å². The SMILES string of the molecule is CCNCc1ccc(C)c(Oc2ccc(CC)cc2)c1. The fourth-order valence-corrected chi connectivity index (χ4v) is 2.05. The highest BCUT2D eigenvalue weighted by molar-refractivity contribution is 5.40. The largest absolute Gasteiger partial charge is 0.457 e. The first kappa shape index (κ1) is 14.6. The summed E-state index contributed by atoms with van der Waals surface area (Å²) in [5, 5.41) is 3.33. The number of benzene rings is 2. The van der Waals surface area contributed by atoms with Gasteiger partial charge in [-0.1, -0.05) is 38.1 Å². The summed E-state index contributed by atoms with van der Waals surface area (Å²) in [7, 11) is 0. The Bertz CT molecular complexity index is 546. The Kier molecular flexibility index (Phi) is 5.19. The summed E-state index contributed by atoms with van der Waals surface area (Å²) in [6, 6.07) is 14.7. The molecule has 0 aliphatic rings. The van der Waals surface area contributed by atoms with Crippen LogP contribution in [0.15, 0.2) is 42.5 Å². The van der Waals surface area contributed by atoms with Gasteiger partial charge < -0.3 is 10.1 Å². The van der Waals surface area contributed by atoms with Crippen LogP contribution in [0.1, 0.15) is 30.5 Å². The smallest absolute Gasteiger partial charge is 0.130 e. The first-order valence-electron chi connectivity index (χ1n) is 7.30. The minimum atomic E-state index is 0.877. The highest BCUT2D eigenvalue weighted by atomic mass is 16.5. The summed E-state index contributed by atoms with van der Waals surface area (Å²) < 4.78 is 6.00. The molecule has 0 aliphatic carbocycles. The Hall–Kier alpha value is -1.80. The van der Waals surface area contributed by atoms with Gasteiger partial charge in [-0.3, -0.25) is 0 Å². The van der Waals surface area contributed by atoms with E-state index in [1.54, 1.807) is 0 Å². The molecule has 0 atom stereocenters. The summed E-state index contributed by atoms with van der Waals surface area (Å²) in [4.78, 5) is 0. The quantitative estimate of drug-likeness (QED) is 0.836. The molecule has 0 unspecified atom stereocenters. The molecule has 0 amide bonds. The van der Waals surface area contributed by atoms with Gasteiger partial charge in [0, 0.05) is 6.54 Å². The van der Waals surface area contributed by atoms with Gasteiger partial charge in [0.2, 0.25) is 0 Å². The Balaban J connectivity index is 2.14. The first-order valence-corrected chi connectivity index (χ1v) is 7.30. The monoisotopic (exact) mass is 269 g/mol. The molecule has 20 heavy (non-hydrogen) atoms. The van der Waals surface area contributed by atoms with Gasteiger partial charge in [0.25, 0.3) is 0 Å². The van der Waals surface area contributed by atoms with Gasteiger partial charge in [0.1, 0.15) is 11.5 Å². The molecule has 0 spiro atoms. The van der Waals surface area contributed by atoms with Crippen molar-refractivity contribution in [1.29, 1.82) is 0 Å². The summed E-state index contributed by atoms with van der Waals surface area (Å²) in [6.45, 7) is 8.20. The van der Waals surface area contributed by atoms with E-state index in [0.29, 0.717) is 0 Å². The van der Waals surface area contributed by atoms with Crippen LogP contribution in [-0.2, 0) is 13.0 Å². The van der Waals surface area contributed by atoms with E-state index in [-0.39, 0.29) is 0 Å². The van der Waals surface area contributed by atoms with Crippen LogP contribution < -0.4 is 10.1 Å². The van der Waals surface area contributed by atoms with Crippen LogP contribution in [0.25, 0.3) is 0 Å². The normalized spacial score (nSPS) is 10.6. The van der Waals surface area contributed by atoms with E-state index < -0.39 is 0 Å². The van der Waals surface area contributed by atoms with Crippen molar-refractivity contribution in [1.82, 2.24) is 5.32 Å². The predicted octanol–water partition coefficient (Wildman–Crippen LogP) is 4.46. The molecule has 106 valence electrons. The molecule has 2 nitrogen and oxygen atoms in total. The average Bonchev–Trinajstić information content (AvgIpc) is 2.49. The molecule has 2 aromatic rings. The van der Waals surface area contributed by atoms with Gasteiger partial charge in [0.05, 0.1) is 0 Å². The predicted molar refractivity (Wildman–Crippen MR) is 84.5 cm³/mol. The average molecular weight is 269 g/mol.